The molecule has 0 fully saturated rings. The number of carbonyl (C=O) groups is 1. The Hall–Kier alpha value is -1.33. The molecule has 6 heteroatoms. The van der Waals surface area contributed by atoms with Crippen molar-refractivity contribution < 1.29 is 19.0 Å². The van der Waals surface area contributed by atoms with Crippen molar-refractivity contribution >= 4 is 17.5 Å². The summed E-state index contributed by atoms with van der Waals surface area (Å²) in [5.41, 5.74) is 0.0841. The molecule has 2 rings (SSSR count). The molecule has 2 atom stereocenters. The van der Waals surface area contributed by atoms with Crippen LogP contribution in [-0.4, -0.2) is 24.4 Å². The lowest BCUT2D eigenvalue weighted by Crippen LogP contribution is -2.43. The fourth-order valence-corrected chi connectivity index (χ4v) is 1.97. The molecule has 1 amide bonds. The van der Waals surface area contributed by atoms with Crippen molar-refractivity contribution in [3.63, 3.8) is 0 Å². The van der Waals surface area contributed by atoms with Crippen molar-refractivity contribution in [3.8, 4) is 5.75 Å². The van der Waals surface area contributed by atoms with Crippen LogP contribution in [0.2, 0.25) is 5.02 Å². The molecule has 1 aliphatic heterocycles. The molecule has 0 aromatic heterocycles. The van der Waals surface area contributed by atoms with Crippen LogP contribution in [0.1, 0.15) is 22.1 Å². The minimum atomic E-state index is -1.68. The number of aliphatic hydroxyl groups excluding tert-OH is 1. The number of nitrogens with one attached hydrogen (secondary N) is 1. The molecule has 1 aromatic rings. The first-order chi connectivity index (χ1) is 7.56. The van der Waals surface area contributed by atoms with Gasteiger partial charge in [0.05, 0.1) is 17.7 Å². The van der Waals surface area contributed by atoms with Crippen LogP contribution in [0.5, 0.6) is 5.75 Å². The number of fused-ring (bicyclic) bond motifs is 1. The van der Waals surface area contributed by atoms with Crippen LogP contribution in [-0.2, 0) is 0 Å². The fourth-order valence-electron chi connectivity index (χ4n) is 1.64. The molecule has 2 N–H and O–H groups in total. The van der Waals surface area contributed by atoms with Crippen LogP contribution in [0, 0.1) is 0 Å². The number of methoxy groups -OCH3 is 1. The van der Waals surface area contributed by atoms with Crippen LogP contribution in [0.3, 0.4) is 0 Å². The predicted molar refractivity (Wildman–Crippen MR) is 55.3 cm³/mol. The third kappa shape index (κ3) is 1.52. The summed E-state index contributed by atoms with van der Waals surface area (Å²) in [6, 6.07) is 2.84. The van der Waals surface area contributed by atoms with Gasteiger partial charge in [0.15, 0.2) is 12.4 Å². The molecule has 0 saturated heterocycles. The van der Waals surface area contributed by atoms with Gasteiger partial charge in [-0.1, -0.05) is 17.7 Å². The third-order valence-corrected chi connectivity index (χ3v) is 2.81. The Bertz CT molecular complexity index is 452. The number of rotatable bonds is 1. The summed E-state index contributed by atoms with van der Waals surface area (Å²) < 4.78 is 18.5. The van der Waals surface area contributed by atoms with E-state index in [4.69, 9.17) is 16.3 Å². The van der Waals surface area contributed by atoms with E-state index in [-0.39, 0.29) is 16.1 Å². The molecule has 86 valence electrons. The van der Waals surface area contributed by atoms with Crippen molar-refractivity contribution in [2.45, 2.75) is 12.4 Å². The number of amides is 1. The van der Waals surface area contributed by atoms with Crippen LogP contribution in [0.4, 0.5) is 4.39 Å². The molecule has 0 aliphatic carbocycles. The van der Waals surface area contributed by atoms with Crippen molar-refractivity contribution in [1.29, 1.82) is 0 Å². The number of benzene rings is 1. The first-order valence-electron chi connectivity index (χ1n) is 4.55. The quantitative estimate of drug-likeness (QED) is 0.787. The van der Waals surface area contributed by atoms with Crippen LogP contribution < -0.4 is 10.1 Å². The largest absolute Gasteiger partial charge is 0.495 e. The number of ether oxygens (including phenoxy) is 1. The Labute approximate surface area is 96.0 Å². The van der Waals surface area contributed by atoms with E-state index < -0.39 is 18.3 Å². The van der Waals surface area contributed by atoms with E-state index >= 15 is 0 Å². The van der Waals surface area contributed by atoms with Crippen LogP contribution in [0.15, 0.2) is 12.1 Å². The van der Waals surface area contributed by atoms with Gasteiger partial charge in [0, 0.05) is 5.56 Å². The molecule has 1 heterocycles. The molecule has 0 saturated carbocycles. The van der Waals surface area contributed by atoms with Gasteiger partial charge >= 0.3 is 0 Å². The summed E-state index contributed by atoms with van der Waals surface area (Å²) in [5, 5.41) is 11.4. The highest BCUT2D eigenvalue weighted by molar-refractivity contribution is 6.35. The highest BCUT2D eigenvalue weighted by Gasteiger charge is 2.34. The predicted octanol–water partition coefficient (Wildman–Crippen LogP) is 1.42. The maximum Gasteiger partial charge on any atom is 0.255 e. The molecule has 2 unspecified atom stereocenters. The minimum Gasteiger partial charge on any atom is -0.495 e. The van der Waals surface area contributed by atoms with Crippen molar-refractivity contribution in [2.75, 3.05) is 7.11 Å². The molecule has 16 heavy (non-hydrogen) atoms. The highest BCUT2D eigenvalue weighted by Crippen LogP contribution is 2.37. The van der Waals surface area contributed by atoms with Gasteiger partial charge in [0.25, 0.3) is 5.91 Å². The second-order valence-corrected chi connectivity index (χ2v) is 3.74. The first kappa shape index (κ1) is 11.2. The van der Waals surface area contributed by atoms with Gasteiger partial charge < -0.3 is 15.2 Å². The molecular weight excluding hydrogens is 237 g/mol. The van der Waals surface area contributed by atoms with Gasteiger partial charge in [0.1, 0.15) is 5.75 Å². The Balaban J connectivity index is 2.62. The Morgan fingerprint density at radius 2 is 2.25 bits per heavy atom. The van der Waals surface area contributed by atoms with Gasteiger partial charge in [-0.25, -0.2) is 4.39 Å². The molecule has 4 nitrogen and oxygen atoms in total. The van der Waals surface area contributed by atoms with E-state index in [9.17, 15) is 14.3 Å². The van der Waals surface area contributed by atoms with Gasteiger partial charge in [-0.15, -0.1) is 0 Å². The molecule has 0 bridgehead atoms. The van der Waals surface area contributed by atoms with E-state index in [0.29, 0.717) is 5.75 Å². The molecule has 0 radical (unpaired) electrons. The van der Waals surface area contributed by atoms with Crippen molar-refractivity contribution in [2.24, 2.45) is 0 Å². The maximum atomic E-state index is 13.6. The van der Waals surface area contributed by atoms with E-state index in [0.717, 1.165) is 0 Å². The van der Waals surface area contributed by atoms with Gasteiger partial charge in [-0.2, -0.15) is 0 Å². The summed E-state index contributed by atoms with van der Waals surface area (Å²) in [6.07, 6.45) is -3.22. The van der Waals surface area contributed by atoms with Crippen molar-refractivity contribution in [3.05, 3.63) is 28.3 Å². The van der Waals surface area contributed by atoms with E-state index in [1.165, 1.54) is 19.2 Å². The Kier molecular flexibility index (Phi) is 2.73. The standard InChI is InChI=1S/C10H9ClFNO3/c1-16-5-3-2-4-6(7(5)11)9(14)13-10(15)8(4)12/h2-3,8,10,15H,1H3,(H,13,14). The summed E-state index contributed by atoms with van der Waals surface area (Å²) in [5.74, 6) is -0.320. The number of halogens is 2. The normalized spacial score (nSPS) is 23.6. The molecular formula is C10H9ClFNO3. The second-order valence-electron chi connectivity index (χ2n) is 3.37. The third-order valence-electron chi connectivity index (χ3n) is 2.44. The zero-order valence-corrected chi connectivity index (χ0v) is 9.08. The van der Waals surface area contributed by atoms with Gasteiger partial charge in [-0.05, 0) is 6.07 Å². The summed E-state index contributed by atoms with van der Waals surface area (Å²) in [7, 11) is 1.40. The van der Waals surface area contributed by atoms with Crippen LogP contribution >= 0.6 is 11.6 Å². The minimum absolute atomic E-state index is 0.0128. The highest BCUT2D eigenvalue weighted by atomic mass is 35.5. The van der Waals surface area contributed by atoms with Crippen LogP contribution in [0.25, 0.3) is 0 Å². The summed E-state index contributed by atoms with van der Waals surface area (Å²) in [4.78, 5) is 11.6. The molecule has 1 aromatic carbocycles. The number of aliphatic hydroxyl groups is 1. The smallest absolute Gasteiger partial charge is 0.255 e. The van der Waals surface area contributed by atoms with E-state index in [1.54, 1.807) is 0 Å². The number of alkyl halides is 1. The summed E-state index contributed by atoms with van der Waals surface area (Å²) >= 11 is 5.90. The summed E-state index contributed by atoms with van der Waals surface area (Å²) in [6.45, 7) is 0. The first-order valence-corrected chi connectivity index (χ1v) is 4.93. The topological polar surface area (TPSA) is 58.6 Å². The number of hydrogen-bond acceptors (Lipinski definition) is 3. The van der Waals surface area contributed by atoms with Gasteiger partial charge in [-0.3, -0.25) is 4.79 Å². The fraction of sp³-hybridized carbons (Fsp3) is 0.300. The number of carbonyl (C=O) groups excluding carboxylic acids is 1. The number of hydrogen-bond donors (Lipinski definition) is 2. The zero-order chi connectivity index (χ0) is 11.9. The lowest BCUT2D eigenvalue weighted by molar-refractivity contribution is 0.0350. The lowest BCUT2D eigenvalue weighted by atomic mass is 9.97. The Morgan fingerprint density at radius 1 is 1.56 bits per heavy atom. The second kappa shape index (κ2) is 3.92. The Morgan fingerprint density at radius 3 is 2.88 bits per heavy atom. The average molecular weight is 246 g/mol. The molecule has 1 aliphatic rings. The average Bonchev–Trinajstić information content (AvgIpc) is 2.25. The van der Waals surface area contributed by atoms with Crippen molar-refractivity contribution in [1.82, 2.24) is 5.32 Å². The zero-order valence-electron chi connectivity index (χ0n) is 8.33. The lowest BCUT2D eigenvalue weighted by Gasteiger charge is -2.26. The van der Waals surface area contributed by atoms with E-state index in [1.807, 2.05) is 0 Å². The monoisotopic (exact) mass is 245 g/mol. The van der Waals surface area contributed by atoms with E-state index in [2.05, 4.69) is 5.32 Å². The molecule has 0 spiro atoms. The maximum absolute atomic E-state index is 13.6. The SMILES string of the molecule is COc1ccc2c(c1Cl)C(=O)NC(O)C2F. The van der Waals surface area contributed by atoms with Gasteiger partial charge in [0.2, 0.25) is 0 Å².